The second-order valence-electron chi connectivity index (χ2n) is 6.76. The molecule has 10 nitrogen and oxygen atoms in total. The Balaban J connectivity index is 1.55. The first kappa shape index (κ1) is 25.5. The van der Waals surface area contributed by atoms with Crippen molar-refractivity contribution < 1.29 is 28.7 Å². The molecule has 0 fully saturated rings. The van der Waals surface area contributed by atoms with Crippen molar-refractivity contribution >= 4 is 47.0 Å². The van der Waals surface area contributed by atoms with Gasteiger partial charge >= 0.3 is 5.97 Å². The topological polar surface area (TPSA) is 129 Å². The molecular weight excluding hydrogens is 501 g/mol. The summed E-state index contributed by atoms with van der Waals surface area (Å²) in [5.74, 6) is -0.468. The molecule has 3 aromatic carbocycles. The zero-order chi connectivity index (χ0) is 25.4. The third-order valence-electron chi connectivity index (χ3n) is 4.37. The van der Waals surface area contributed by atoms with Crippen LogP contribution >= 0.6 is 23.2 Å². The molecule has 0 bridgehead atoms. The number of halogens is 2. The first-order chi connectivity index (χ1) is 16.8. The molecule has 1 amide bonds. The number of non-ortho nitro benzene ring substituents is 1. The molecule has 3 aromatic rings. The summed E-state index contributed by atoms with van der Waals surface area (Å²) < 4.78 is 15.9. The maximum Gasteiger partial charge on any atom is 0.343 e. The molecule has 180 valence electrons. The highest BCUT2D eigenvalue weighted by atomic mass is 35.5. The molecule has 0 radical (unpaired) electrons. The Kier molecular flexibility index (Phi) is 8.60. The SMILES string of the molecule is COc1cc(C=NNC(=O)COc2ccc([N+](=O)[O-])cc2)ccc1OC(=O)c1ccc(Cl)c(Cl)c1. The number of rotatable bonds is 9. The Morgan fingerprint density at radius 2 is 1.77 bits per heavy atom. The summed E-state index contributed by atoms with van der Waals surface area (Å²) in [4.78, 5) is 34.4. The van der Waals surface area contributed by atoms with Gasteiger partial charge in [0.1, 0.15) is 5.75 Å². The van der Waals surface area contributed by atoms with Gasteiger partial charge in [0.2, 0.25) is 0 Å². The largest absolute Gasteiger partial charge is 0.493 e. The van der Waals surface area contributed by atoms with Gasteiger partial charge in [0.05, 0.1) is 33.9 Å². The minimum Gasteiger partial charge on any atom is -0.493 e. The number of nitrogens with zero attached hydrogens (tertiary/aromatic N) is 2. The molecule has 1 N–H and O–H groups in total. The van der Waals surface area contributed by atoms with Crippen molar-refractivity contribution in [2.75, 3.05) is 13.7 Å². The summed E-state index contributed by atoms with van der Waals surface area (Å²) in [6.07, 6.45) is 1.36. The van der Waals surface area contributed by atoms with Crippen LogP contribution in [0.1, 0.15) is 15.9 Å². The molecular formula is C23H17Cl2N3O7. The quantitative estimate of drug-likeness (QED) is 0.143. The van der Waals surface area contributed by atoms with E-state index in [0.29, 0.717) is 16.3 Å². The van der Waals surface area contributed by atoms with Crippen LogP contribution < -0.4 is 19.6 Å². The Morgan fingerprint density at radius 1 is 1.03 bits per heavy atom. The van der Waals surface area contributed by atoms with Crippen LogP contribution in [0.5, 0.6) is 17.2 Å². The molecule has 0 unspecified atom stereocenters. The molecule has 0 atom stereocenters. The highest BCUT2D eigenvalue weighted by Crippen LogP contribution is 2.29. The molecule has 3 rings (SSSR count). The van der Waals surface area contributed by atoms with E-state index in [1.807, 2.05) is 0 Å². The number of methoxy groups -OCH3 is 1. The van der Waals surface area contributed by atoms with Gasteiger partial charge in [-0.15, -0.1) is 0 Å². The molecule has 0 spiro atoms. The molecule has 12 heteroatoms. The van der Waals surface area contributed by atoms with E-state index in [4.69, 9.17) is 37.4 Å². The fourth-order valence-corrected chi connectivity index (χ4v) is 2.95. The number of carbonyl (C=O) groups is 2. The molecule has 0 aliphatic heterocycles. The van der Waals surface area contributed by atoms with Gasteiger partial charge in [-0.1, -0.05) is 23.2 Å². The number of hydrogen-bond acceptors (Lipinski definition) is 8. The molecule has 0 heterocycles. The van der Waals surface area contributed by atoms with Crippen LogP contribution in [0.25, 0.3) is 0 Å². The third kappa shape index (κ3) is 7.16. The predicted octanol–water partition coefficient (Wildman–Crippen LogP) is 4.66. The van der Waals surface area contributed by atoms with E-state index < -0.39 is 16.8 Å². The van der Waals surface area contributed by atoms with Gasteiger partial charge < -0.3 is 14.2 Å². The predicted molar refractivity (Wildman–Crippen MR) is 129 cm³/mol. The number of benzene rings is 3. The minimum atomic E-state index is -0.649. The maximum absolute atomic E-state index is 12.4. The van der Waals surface area contributed by atoms with E-state index >= 15 is 0 Å². The molecule has 0 saturated carbocycles. The summed E-state index contributed by atoms with van der Waals surface area (Å²) >= 11 is 11.8. The van der Waals surface area contributed by atoms with Gasteiger partial charge in [0, 0.05) is 12.1 Å². The van der Waals surface area contributed by atoms with Crippen LogP contribution in [0.15, 0.2) is 65.8 Å². The van der Waals surface area contributed by atoms with Crippen molar-refractivity contribution in [2.45, 2.75) is 0 Å². The number of ether oxygens (including phenoxy) is 3. The first-order valence-electron chi connectivity index (χ1n) is 9.81. The second-order valence-corrected chi connectivity index (χ2v) is 7.58. The monoisotopic (exact) mass is 517 g/mol. The van der Waals surface area contributed by atoms with Crippen LogP contribution in [0.3, 0.4) is 0 Å². The van der Waals surface area contributed by atoms with E-state index in [1.54, 1.807) is 12.1 Å². The Bertz CT molecular complexity index is 1280. The van der Waals surface area contributed by atoms with Gasteiger partial charge in [-0.25, -0.2) is 10.2 Å². The lowest BCUT2D eigenvalue weighted by atomic mass is 10.2. The van der Waals surface area contributed by atoms with E-state index in [0.717, 1.165) is 0 Å². The number of carbonyl (C=O) groups excluding carboxylic acids is 2. The lowest BCUT2D eigenvalue weighted by Gasteiger charge is -2.10. The number of hydrazone groups is 1. The number of hydrogen-bond donors (Lipinski definition) is 1. The summed E-state index contributed by atoms with van der Waals surface area (Å²) in [5, 5.41) is 15.0. The van der Waals surface area contributed by atoms with Crippen molar-refractivity contribution in [2.24, 2.45) is 5.10 Å². The molecule has 0 aliphatic rings. The summed E-state index contributed by atoms with van der Waals surface area (Å²) in [5.41, 5.74) is 2.97. The minimum absolute atomic E-state index is 0.0861. The zero-order valence-corrected chi connectivity index (χ0v) is 19.6. The number of nitro groups is 1. The van der Waals surface area contributed by atoms with E-state index in [1.165, 1.54) is 61.9 Å². The first-order valence-corrected chi connectivity index (χ1v) is 10.6. The zero-order valence-electron chi connectivity index (χ0n) is 18.1. The lowest BCUT2D eigenvalue weighted by Crippen LogP contribution is -2.24. The highest BCUT2D eigenvalue weighted by molar-refractivity contribution is 6.42. The Labute approximate surface area is 209 Å². The molecule has 0 aromatic heterocycles. The summed E-state index contributed by atoms with van der Waals surface area (Å²) in [6.45, 7) is -0.345. The lowest BCUT2D eigenvalue weighted by molar-refractivity contribution is -0.384. The van der Waals surface area contributed by atoms with Crippen molar-refractivity contribution in [1.29, 1.82) is 0 Å². The van der Waals surface area contributed by atoms with Crippen LogP contribution in [-0.4, -0.2) is 36.7 Å². The standard InChI is InChI=1S/C23H17Cl2N3O7/c1-33-21-10-14(2-9-20(21)35-23(30)15-3-8-18(24)19(25)11-15)12-26-27-22(29)13-34-17-6-4-16(5-7-17)28(31)32/h2-12H,13H2,1H3,(H,27,29). The molecule has 35 heavy (non-hydrogen) atoms. The average molecular weight is 518 g/mol. The summed E-state index contributed by atoms with van der Waals surface area (Å²) in [6, 6.07) is 14.3. The van der Waals surface area contributed by atoms with E-state index in [9.17, 15) is 19.7 Å². The third-order valence-corrected chi connectivity index (χ3v) is 5.11. The molecule has 0 aliphatic carbocycles. The summed E-state index contributed by atoms with van der Waals surface area (Å²) in [7, 11) is 1.41. The fraction of sp³-hybridized carbons (Fsp3) is 0.0870. The smallest absolute Gasteiger partial charge is 0.343 e. The number of esters is 1. The Hall–Kier alpha value is -4.15. The van der Waals surface area contributed by atoms with Crippen LogP contribution in [0.4, 0.5) is 5.69 Å². The van der Waals surface area contributed by atoms with Gasteiger partial charge in [-0.05, 0) is 54.1 Å². The highest BCUT2D eigenvalue weighted by Gasteiger charge is 2.14. The van der Waals surface area contributed by atoms with Gasteiger partial charge in [-0.2, -0.15) is 5.10 Å². The molecule has 0 saturated heterocycles. The van der Waals surface area contributed by atoms with E-state index in [2.05, 4.69) is 10.5 Å². The van der Waals surface area contributed by atoms with Crippen molar-refractivity contribution in [3.63, 3.8) is 0 Å². The van der Waals surface area contributed by atoms with Gasteiger partial charge in [0.15, 0.2) is 18.1 Å². The van der Waals surface area contributed by atoms with Crippen molar-refractivity contribution in [1.82, 2.24) is 5.43 Å². The number of amides is 1. The van der Waals surface area contributed by atoms with Crippen molar-refractivity contribution in [3.05, 3.63) is 92.0 Å². The van der Waals surface area contributed by atoms with Crippen LogP contribution in [-0.2, 0) is 4.79 Å². The Morgan fingerprint density at radius 3 is 2.43 bits per heavy atom. The normalized spacial score (nSPS) is 10.6. The number of nitrogens with one attached hydrogen (secondary N) is 1. The van der Waals surface area contributed by atoms with Crippen molar-refractivity contribution in [3.8, 4) is 17.2 Å². The van der Waals surface area contributed by atoms with Gasteiger partial charge in [-0.3, -0.25) is 14.9 Å². The second kappa shape index (κ2) is 11.8. The van der Waals surface area contributed by atoms with Gasteiger partial charge in [0.25, 0.3) is 11.6 Å². The average Bonchev–Trinajstić information content (AvgIpc) is 2.85. The maximum atomic E-state index is 12.4. The fourth-order valence-electron chi connectivity index (χ4n) is 2.65. The van der Waals surface area contributed by atoms with E-state index in [-0.39, 0.29) is 34.4 Å². The van der Waals surface area contributed by atoms with Crippen LogP contribution in [0.2, 0.25) is 10.0 Å². The van der Waals surface area contributed by atoms with Crippen LogP contribution in [0, 0.1) is 10.1 Å². The number of nitro benzene ring substituents is 1.